The molecule has 0 amide bonds. The number of aryl methyl sites for hydroxylation is 1. The average Bonchev–Trinajstić information content (AvgIpc) is 2.88. The molecule has 0 N–H and O–H groups in total. The molecule has 0 unspecified atom stereocenters. The number of benzene rings is 2. The minimum atomic E-state index is 0.394. The Balaban J connectivity index is 1.81. The van der Waals surface area contributed by atoms with E-state index in [1.165, 1.54) is 11.1 Å². The van der Waals surface area contributed by atoms with E-state index in [2.05, 4.69) is 49.6 Å². The van der Waals surface area contributed by atoms with Gasteiger partial charge in [0, 0.05) is 5.92 Å². The fourth-order valence-corrected chi connectivity index (χ4v) is 2.74. The molecule has 3 aromatic rings. The summed E-state index contributed by atoms with van der Waals surface area (Å²) in [6.07, 6.45) is 0. The topological polar surface area (TPSA) is 27.1 Å². The molecule has 0 saturated heterocycles. The van der Waals surface area contributed by atoms with E-state index in [1.54, 1.807) is 0 Å². The second-order valence-electron chi connectivity index (χ2n) is 5.88. The van der Waals surface area contributed by atoms with E-state index in [9.17, 15) is 0 Å². The minimum Gasteiger partial charge on any atom is -0.491 e. The Kier molecular flexibility index (Phi) is 4.14. The first kappa shape index (κ1) is 14.6. The maximum atomic E-state index is 5.95. The van der Waals surface area contributed by atoms with Gasteiger partial charge in [0.1, 0.15) is 18.2 Å². The van der Waals surface area contributed by atoms with E-state index in [0.29, 0.717) is 12.5 Å². The van der Waals surface area contributed by atoms with Crippen LogP contribution < -0.4 is 4.74 Å². The Labute approximate surface area is 131 Å². The lowest BCUT2D eigenvalue weighted by Crippen LogP contribution is -2.12. The average molecular weight is 294 g/mol. The van der Waals surface area contributed by atoms with Crippen molar-refractivity contribution in [1.29, 1.82) is 0 Å². The summed E-state index contributed by atoms with van der Waals surface area (Å²) in [6, 6.07) is 16.4. The molecule has 0 spiro atoms. The first-order chi connectivity index (χ1) is 10.7. The Bertz CT molecular complexity index is 774. The second kappa shape index (κ2) is 6.22. The SMILES string of the molecule is Cc1ccccc1OCCn1c(C(C)C)nc2ccccc21. The maximum Gasteiger partial charge on any atom is 0.122 e. The van der Waals surface area contributed by atoms with Crippen LogP contribution in [0.25, 0.3) is 11.0 Å². The zero-order valence-corrected chi connectivity index (χ0v) is 13.4. The van der Waals surface area contributed by atoms with Gasteiger partial charge >= 0.3 is 0 Å². The van der Waals surface area contributed by atoms with Crippen LogP contribution in [0.2, 0.25) is 0 Å². The number of para-hydroxylation sites is 3. The lowest BCUT2D eigenvalue weighted by Gasteiger charge is -2.13. The van der Waals surface area contributed by atoms with Crippen molar-refractivity contribution in [2.45, 2.75) is 33.2 Å². The van der Waals surface area contributed by atoms with Crippen molar-refractivity contribution in [3.05, 3.63) is 59.9 Å². The molecular weight excluding hydrogens is 272 g/mol. The number of rotatable bonds is 5. The summed E-state index contributed by atoms with van der Waals surface area (Å²) >= 11 is 0. The Morgan fingerprint density at radius 1 is 1.05 bits per heavy atom. The third-order valence-corrected chi connectivity index (χ3v) is 3.87. The second-order valence-corrected chi connectivity index (χ2v) is 5.88. The van der Waals surface area contributed by atoms with Crippen molar-refractivity contribution in [1.82, 2.24) is 9.55 Å². The van der Waals surface area contributed by atoms with E-state index in [-0.39, 0.29) is 0 Å². The third-order valence-electron chi connectivity index (χ3n) is 3.87. The predicted octanol–water partition coefficient (Wildman–Crippen LogP) is 4.55. The van der Waals surface area contributed by atoms with E-state index in [1.807, 2.05) is 24.3 Å². The number of nitrogens with zero attached hydrogens (tertiary/aromatic N) is 2. The number of ether oxygens (including phenoxy) is 1. The highest BCUT2D eigenvalue weighted by Crippen LogP contribution is 2.22. The summed E-state index contributed by atoms with van der Waals surface area (Å²) < 4.78 is 8.22. The van der Waals surface area contributed by atoms with Crippen LogP contribution in [0.1, 0.15) is 31.2 Å². The van der Waals surface area contributed by atoms with Crippen LogP contribution in [0.5, 0.6) is 5.75 Å². The van der Waals surface area contributed by atoms with Gasteiger partial charge in [-0.05, 0) is 30.7 Å². The van der Waals surface area contributed by atoms with Crippen molar-refractivity contribution < 1.29 is 4.74 Å². The molecule has 114 valence electrons. The van der Waals surface area contributed by atoms with Gasteiger partial charge in [-0.1, -0.05) is 44.2 Å². The molecule has 0 aliphatic rings. The van der Waals surface area contributed by atoms with Crippen molar-refractivity contribution in [2.75, 3.05) is 6.61 Å². The highest BCUT2D eigenvalue weighted by Gasteiger charge is 2.13. The van der Waals surface area contributed by atoms with Crippen molar-refractivity contribution in [2.24, 2.45) is 0 Å². The molecule has 0 aliphatic heterocycles. The normalized spacial score (nSPS) is 11.3. The van der Waals surface area contributed by atoms with Gasteiger partial charge in [-0.15, -0.1) is 0 Å². The monoisotopic (exact) mass is 294 g/mol. The molecule has 3 rings (SSSR count). The van der Waals surface area contributed by atoms with Crippen LogP contribution >= 0.6 is 0 Å². The summed E-state index contributed by atoms with van der Waals surface area (Å²) in [5.74, 6) is 2.47. The van der Waals surface area contributed by atoms with Crippen LogP contribution in [-0.2, 0) is 6.54 Å². The minimum absolute atomic E-state index is 0.394. The van der Waals surface area contributed by atoms with E-state index in [4.69, 9.17) is 9.72 Å². The number of imidazole rings is 1. The van der Waals surface area contributed by atoms with Gasteiger partial charge in [0.2, 0.25) is 0 Å². The standard InChI is InChI=1S/C19H22N2O/c1-14(2)19-20-16-9-5-6-10-17(16)21(19)12-13-22-18-11-7-4-8-15(18)3/h4-11,14H,12-13H2,1-3H3. The number of hydrogen-bond donors (Lipinski definition) is 0. The largest absolute Gasteiger partial charge is 0.491 e. The Hall–Kier alpha value is -2.29. The molecule has 0 aliphatic carbocycles. The van der Waals surface area contributed by atoms with Gasteiger partial charge in [0.25, 0.3) is 0 Å². The molecule has 3 nitrogen and oxygen atoms in total. The Morgan fingerprint density at radius 3 is 2.55 bits per heavy atom. The molecule has 0 atom stereocenters. The number of hydrogen-bond acceptors (Lipinski definition) is 2. The summed E-state index contributed by atoms with van der Waals surface area (Å²) in [7, 11) is 0. The maximum absolute atomic E-state index is 5.95. The van der Waals surface area contributed by atoms with Crippen LogP contribution in [0.3, 0.4) is 0 Å². The van der Waals surface area contributed by atoms with Crippen molar-refractivity contribution >= 4 is 11.0 Å². The van der Waals surface area contributed by atoms with Gasteiger partial charge < -0.3 is 9.30 Å². The molecule has 0 bridgehead atoms. The van der Waals surface area contributed by atoms with Crippen LogP contribution in [0.4, 0.5) is 0 Å². The fraction of sp³-hybridized carbons (Fsp3) is 0.316. The Morgan fingerprint density at radius 2 is 1.77 bits per heavy atom. The van der Waals surface area contributed by atoms with Gasteiger partial charge in [-0.3, -0.25) is 0 Å². The fourth-order valence-electron chi connectivity index (χ4n) is 2.74. The van der Waals surface area contributed by atoms with E-state index < -0.39 is 0 Å². The quantitative estimate of drug-likeness (QED) is 0.690. The number of fused-ring (bicyclic) bond motifs is 1. The summed E-state index contributed by atoms with van der Waals surface area (Å²) in [4.78, 5) is 4.76. The first-order valence-corrected chi connectivity index (χ1v) is 7.80. The highest BCUT2D eigenvalue weighted by molar-refractivity contribution is 5.76. The van der Waals surface area contributed by atoms with Gasteiger partial charge in [0.15, 0.2) is 0 Å². The highest BCUT2D eigenvalue weighted by atomic mass is 16.5. The summed E-state index contributed by atoms with van der Waals surface area (Å²) in [5, 5.41) is 0. The van der Waals surface area contributed by atoms with Crippen LogP contribution in [0, 0.1) is 6.92 Å². The van der Waals surface area contributed by atoms with Crippen LogP contribution in [0.15, 0.2) is 48.5 Å². The van der Waals surface area contributed by atoms with Gasteiger partial charge in [0.05, 0.1) is 17.6 Å². The zero-order chi connectivity index (χ0) is 15.5. The smallest absolute Gasteiger partial charge is 0.122 e. The molecule has 3 heteroatoms. The zero-order valence-electron chi connectivity index (χ0n) is 13.4. The number of aromatic nitrogens is 2. The summed E-state index contributed by atoms with van der Waals surface area (Å²) in [6.45, 7) is 7.88. The molecule has 2 aromatic carbocycles. The van der Waals surface area contributed by atoms with E-state index >= 15 is 0 Å². The van der Waals surface area contributed by atoms with Crippen LogP contribution in [-0.4, -0.2) is 16.2 Å². The summed E-state index contributed by atoms with van der Waals surface area (Å²) in [5.41, 5.74) is 3.41. The van der Waals surface area contributed by atoms with E-state index in [0.717, 1.165) is 23.6 Å². The third kappa shape index (κ3) is 2.84. The molecule has 1 heterocycles. The molecule has 0 radical (unpaired) electrons. The lowest BCUT2D eigenvalue weighted by atomic mass is 10.2. The molecule has 22 heavy (non-hydrogen) atoms. The predicted molar refractivity (Wildman–Crippen MR) is 90.5 cm³/mol. The van der Waals surface area contributed by atoms with Gasteiger partial charge in [-0.2, -0.15) is 0 Å². The molecule has 0 fully saturated rings. The first-order valence-electron chi connectivity index (χ1n) is 7.80. The van der Waals surface area contributed by atoms with Crippen molar-refractivity contribution in [3.8, 4) is 5.75 Å². The van der Waals surface area contributed by atoms with Gasteiger partial charge in [-0.25, -0.2) is 4.98 Å². The molecule has 1 aromatic heterocycles. The molecular formula is C19H22N2O. The molecule has 0 saturated carbocycles. The van der Waals surface area contributed by atoms with Crippen molar-refractivity contribution in [3.63, 3.8) is 0 Å². The lowest BCUT2D eigenvalue weighted by molar-refractivity contribution is 0.295.